The number of methoxy groups -OCH3 is 1. The van der Waals surface area contributed by atoms with E-state index in [1.165, 1.54) is 32.4 Å². The summed E-state index contributed by atoms with van der Waals surface area (Å²) in [4.78, 5) is 2.47. The first-order valence-electron chi connectivity index (χ1n) is 6.81. The van der Waals surface area contributed by atoms with Gasteiger partial charge < -0.3 is 9.84 Å². The van der Waals surface area contributed by atoms with Crippen molar-refractivity contribution < 1.29 is 9.84 Å². The van der Waals surface area contributed by atoms with E-state index in [0.29, 0.717) is 5.75 Å². The smallest absolute Gasteiger partial charge is 0.160 e. The van der Waals surface area contributed by atoms with Crippen LogP contribution in [0.3, 0.4) is 0 Å². The third-order valence-corrected chi connectivity index (χ3v) is 3.72. The monoisotopic (exact) mass is 249 g/mol. The Morgan fingerprint density at radius 1 is 1.44 bits per heavy atom. The van der Waals surface area contributed by atoms with E-state index in [1.54, 1.807) is 7.11 Å². The Bertz CT molecular complexity index is 392. The molecule has 1 aliphatic rings. The van der Waals surface area contributed by atoms with E-state index in [4.69, 9.17) is 4.74 Å². The maximum absolute atomic E-state index is 9.76. The van der Waals surface area contributed by atoms with E-state index in [9.17, 15) is 5.11 Å². The van der Waals surface area contributed by atoms with E-state index in [1.807, 2.05) is 18.2 Å². The van der Waals surface area contributed by atoms with Crippen LogP contribution in [0.2, 0.25) is 0 Å². The van der Waals surface area contributed by atoms with Gasteiger partial charge in [-0.1, -0.05) is 19.4 Å². The van der Waals surface area contributed by atoms with Gasteiger partial charge in [0.05, 0.1) is 7.11 Å². The van der Waals surface area contributed by atoms with Crippen molar-refractivity contribution in [3.63, 3.8) is 0 Å². The first-order valence-corrected chi connectivity index (χ1v) is 6.81. The van der Waals surface area contributed by atoms with Crippen LogP contribution >= 0.6 is 0 Å². The lowest BCUT2D eigenvalue weighted by atomic mass is 10.0. The largest absolute Gasteiger partial charge is 0.504 e. The molecule has 0 radical (unpaired) electrons. The summed E-state index contributed by atoms with van der Waals surface area (Å²) in [5.41, 5.74) is 1.16. The summed E-state index contributed by atoms with van der Waals surface area (Å²) in [6.07, 6.45) is 3.93. The molecule has 1 aliphatic heterocycles. The zero-order valence-corrected chi connectivity index (χ0v) is 11.4. The second-order valence-corrected chi connectivity index (χ2v) is 5.18. The minimum atomic E-state index is 0.235. The maximum atomic E-state index is 9.76. The molecule has 1 atom stereocenters. The minimum absolute atomic E-state index is 0.235. The van der Waals surface area contributed by atoms with Gasteiger partial charge in [-0.3, -0.25) is 4.90 Å². The van der Waals surface area contributed by atoms with Crippen molar-refractivity contribution in [2.75, 3.05) is 20.2 Å². The summed E-state index contributed by atoms with van der Waals surface area (Å²) in [5, 5.41) is 9.76. The SMILES string of the molecule is CCCC1CCN(Cc2ccc(OC)c(O)c2)C1. The number of benzene rings is 1. The summed E-state index contributed by atoms with van der Waals surface area (Å²) in [5.74, 6) is 1.64. The van der Waals surface area contributed by atoms with Crippen LogP contribution in [0.1, 0.15) is 31.7 Å². The number of ether oxygens (including phenoxy) is 1. The molecular formula is C15H23NO2. The van der Waals surface area contributed by atoms with Gasteiger partial charge in [-0.05, 0) is 43.0 Å². The van der Waals surface area contributed by atoms with Crippen LogP contribution in [0, 0.1) is 5.92 Å². The third-order valence-electron chi connectivity index (χ3n) is 3.72. The summed E-state index contributed by atoms with van der Waals surface area (Å²) >= 11 is 0. The summed E-state index contributed by atoms with van der Waals surface area (Å²) in [6, 6.07) is 5.68. The van der Waals surface area contributed by atoms with Gasteiger partial charge in [0.1, 0.15) is 0 Å². The zero-order valence-electron chi connectivity index (χ0n) is 11.4. The third kappa shape index (κ3) is 3.16. The Balaban J connectivity index is 1.92. The van der Waals surface area contributed by atoms with Crippen molar-refractivity contribution in [2.45, 2.75) is 32.7 Å². The Hall–Kier alpha value is -1.22. The number of hydrogen-bond donors (Lipinski definition) is 1. The summed E-state index contributed by atoms with van der Waals surface area (Å²) in [7, 11) is 1.57. The molecule has 3 heteroatoms. The molecule has 1 aromatic carbocycles. The van der Waals surface area contributed by atoms with E-state index in [2.05, 4.69) is 11.8 Å². The van der Waals surface area contributed by atoms with Crippen LogP contribution in [0.25, 0.3) is 0 Å². The highest BCUT2D eigenvalue weighted by Crippen LogP contribution is 2.28. The number of rotatable bonds is 5. The van der Waals surface area contributed by atoms with Gasteiger partial charge in [-0.25, -0.2) is 0 Å². The van der Waals surface area contributed by atoms with Gasteiger partial charge in [-0.15, -0.1) is 0 Å². The number of phenolic OH excluding ortho intramolecular Hbond substituents is 1. The van der Waals surface area contributed by atoms with Crippen LogP contribution in [0.4, 0.5) is 0 Å². The van der Waals surface area contributed by atoms with Gasteiger partial charge >= 0.3 is 0 Å². The van der Waals surface area contributed by atoms with E-state index >= 15 is 0 Å². The highest BCUT2D eigenvalue weighted by Gasteiger charge is 2.21. The predicted molar refractivity (Wildman–Crippen MR) is 73.0 cm³/mol. The molecule has 0 bridgehead atoms. The molecule has 1 N–H and O–H groups in total. The molecule has 1 heterocycles. The van der Waals surface area contributed by atoms with Gasteiger partial charge in [0, 0.05) is 13.1 Å². The maximum Gasteiger partial charge on any atom is 0.160 e. The van der Waals surface area contributed by atoms with Crippen molar-refractivity contribution in [3.05, 3.63) is 23.8 Å². The Morgan fingerprint density at radius 3 is 2.94 bits per heavy atom. The molecule has 18 heavy (non-hydrogen) atoms. The Labute approximate surface area is 109 Å². The number of likely N-dealkylation sites (tertiary alicyclic amines) is 1. The average Bonchev–Trinajstić information content (AvgIpc) is 2.77. The lowest BCUT2D eigenvalue weighted by molar-refractivity contribution is 0.311. The average molecular weight is 249 g/mol. The molecule has 0 spiro atoms. The molecule has 100 valence electrons. The van der Waals surface area contributed by atoms with E-state index in [-0.39, 0.29) is 5.75 Å². The van der Waals surface area contributed by atoms with Crippen molar-refractivity contribution in [1.29, 1.82) is 0 Å². The summed E-state index contributed by atoms with van der Waals surface area (Å²) in [6.45, 7) is 5.56. The molecule has 2 rings (SSSR count). The second kappa shape index (κ2) is 6.10. The highest BCUT2D eigenvalue weighted by molar-refractivity contribution is 5.41. The van der Waals surface area contributed by atoms with Crippen LogP contribution in [0.15, 0.2) is 18.2 Å². The first-order chi connectivity index (χ1) is 8.72. The fraction of sp³-hybridized carbons (Fsp3) is 0.600. The molecule has 1 aromatic rings. The fourth-order valence-electron chi connectivity index (χ4n) is 2.79. The Kier molecular flexibility index (Phi) is 4.48. The standard InChI is InChI=1S/C15H23NO2/c1-3-4-12-7-8-16(10-12)11-13-5-6-15(18-2)14(17)9-13/h5-6,9,12,17H,3-4,7-8,10-11H2,1-2H3. The highest BCUT2D eigenvalue weighted by atomic mass is 16.5. The number of nitrogens with zero attached hydrogens (tertiary/aromatic N) is 1. The van der Waals surface area contributed by atoms with Gasteiger partial charge in [0.25, 0.3) is 0 Å². The quantitative estimate of drug-likeness (QED) is 0.870. The van der Waals surface area contributed by atoms with Crippen LogP contribution in [-0.2, 0) is 6.54 Å². The van der Waals surface area contributed by atoms with Crippen LogP contribution in [-0.4, -0.2) is 30.2 Å². The van der Waals surface area contributed by atoms with E-state index in [0.717, 1.165) is 18.0 Å². The molecule has 0 aromatic heterocycles. The molecule has 0 aliphatic carbocycles. The van der Waals surface area contributed by atoms with Gasteiger partial charge in [0.2, 0.25) is 0 Å². The zero-order chi connectivity index (χ0) is 13.0. The molecule has 0 amide bonds. The van der Waals surface area contributed by atoms with Crippen molar-refractivity contribution >= 4 is 0 Å². The molecule has 1 unspecified atom stereocenters. The Morgan fingerprint density at radius 2 is 2.28 bits per heavy atom. The molecule has 1 fully saturated rings. The van der Waals surface area contributed by atoms with Gasteiger partial charge in [-0.2, -0.15) is 0 Å². The molecular weight excluding hydrogens is 226 g/mol. The number of aromatic hydroxyl groups is 1. The molecule has 1 saturated heterocycles. The predicted octanol–water partition coefficient (Wildman–Crippen LogP) is 3.02. The minimum Gasteiger partial charge on any atom is -0.504 e. The fourth-order valence-corrected chi connectivity index (χ4v) is 2.79. The lowest BCUT2D eigenvalue weighted by Gasteiger charge is -2.16. The number of hydrogen-bond acceptors (Lipinski definition) is 3. The normalized spacial score (nSPS) is 20.2. The second-order valence-electron chi connectivity index (χ2n) is 5.18. The van der Waals surface area contributed by atoms with Crippen LogP contribution < -0.4 is 4.74 Å². The van der Waals surface area contributed by atoms with Crippen LogP contribution in [0.5, 0.6) is 11.5 Å². The summed E-state index contributed by atoms with van der Waals surface area (Å²) < 4.78 is 5.06. The van der Waals surface area contributed by atoms with Gasteiger partial charge in [0.15, 0.2) is 11.5 Å². The molecule has 3 nitrogen and oxygen atoms in total. The molecule has 0 saturated carbocycles. The first kappa shape index (κ1) is 13.2. The van der Waals surface area contributed by atoms with Crippen molar-refractivity contribution in [2.24, 2.45) is 5.92 Å². The van der Waals surface area contributed by atoms with Crippen molar-refractivity contribution in [3.8, 4) is 11.5 Å². The topological polar surface area (TPSA) is 32.7 Å². The van der Waals surface area contributed by atoms with Crippen molar-refractivity contribution in [1.82, 2.24) is 4.90 Å². The van der Waals surface area contributed by atoms with E-state index < -0.39 is 0 Å². The lowest BCUT2D eigenvalue weighted by Crippen LogP contribution is -2.20. The number of phenols is 1.